The van der Waals surface area contributed by atoms with E-state index in [4.69, 9.17) is 4.74 Å². The number of thiazole rings is 1. The Balaban J connectivity index is 1.36. The van der Waals surface area contributed by atoms with Gasteiger partial charge >= 0.3 is 0 Å². The first kappa shape index (κ1) is 22.1. The number of benzene rings is 4. The molecule has 0 spiro atoms. The Morgan fingerprint density at radius 3 is 2.26 bits per heavy atom. The second-order valence-corrected chi connectivity index (χ2v) is 11.3. The number of anilines is 1. The van der Waals surface area contributed by atoms with Gasteiger partial charge in [0.1, 0.15) is 0 Å². The first-order valence-electron chi connectivity index (χ1n) is 11.2. The van der Waals surface area contributed by atoms with Gasteiger partial charge in [-0.05, 0) is 45.8 Å². The molecule has 0 saturated carbocycles. The molecule has 0 aliphatic carbocycles. The van der Waals surface area contributed by atoms with Crippen molar-refractivity contribution in [3.8, 4) is 0 Å². The van der Waals surface area contributed by atoms with Gasteiger partial charge in [0, 0.05) is 13.1 Å². The minimum atomic E-state index is -3.61. The van der Waals surface area contributed by atoms with Crippen molar-refractivity contribution in [3.63, 3.8) is 0 Å². The first-order chi connectivity index (χ1) is 17.0. The highest BCUT2D eigenvalue weighted by Gasteiger charge is 2.27. The molecule has 0 radical (unpaired) electrons. The van der Waals surface area contributed by atoms with Gasteiger partial charge in [-0.25, -0.2) is 13.4 Å². The minimum absolute atomic E-state index is 0.216. The maximum absolute atomic E-state index is 13.5. The molecule has 1 fully saturated rings. The lowest BCUT2D eigenvalue weighted by Gasteiger charge is -2.25. The van der Waals surface area contributed by atoms with Crippen molar-refractivity contribution in [1.29, 1.82) is 0 Å². The summed E-state index contributed by atoms with van der Waals surface area (Å²) in [6.07, 6.45) is 0. The Labute approximate surface area is 206 Å². The molecule has 1 saturated heterocycles. The Bertz CT molecular complexity index is 1650. The van der Waals surface area contributed by atoms with Crippen molar-refractivity contribution in [3.05, 3.63) is 78.4 Å². The zero-order valence-corrected chi connectivity index (χ0v) is 20.2. The summed E-state index contributed by atoms with van der Waals surface area (Å²) in [6.45, 7) is 1.45. The van der Waals surface area contributed by atoms with Crippen molar-refractivity contribution in [2.45, 2.75) is 4.90 Å². The van der Waals surface area contributed by atoms with Crippen LogP contribution in [0.5, 0.6) is 0 Å². The van der Waals surface area contributed by atoms with E-state index in [0.29, 0.717) is 47.2 Å². The van der Waals surface area contributed by atoms with E-state index in [1.165, 1.54) is 15.6 Å². The normalized spacial score (nSPS) is 15.1. The summed E-state index contributed by atoms with van der Waals surface area (Å²) >= 11 is 1.26. The highest BCUT2D eigenvalue weighted by molar-refractivity contribution is 7.89. The van der Waals surface area contributed by atoms with Crippen molar-refractivity contribution in [2.24, 2.45) is 0 Å². The largest absolute Gasteiger partial charge is 0.379 e. The number of rotatable bonds is 4. The van der Waals surface area contributed by atoms with Crippen molar-refractivity contribution >= 4 is 64.2 Å². The standard InChI is InChI=1S/C26H21N3O4S2/c30-25(24-20-7-3-1-5-17(20)15-18-6-2-4-8-21(18)24)28-26-27-22-10-9-19(16-23(22)34-26)35(31,32)29-11-13-33-14-12-29/h1-10,15-16H,11-14H2,(H,27,28,30). The summed E-state index contributed by atoms with van der Waals surface area (Å²) in [4.78, 5) is 18.2. The predicted octanol–water partition coefficient (Wildman–Crippen LogP) is 4.88. The van der Waals surface area contributed by atoms with E-state index in [0.717, 1.165) is 21.5 Å². The molecule has 7 nitrogen and oxygen atoms in total. The molecule has 1 aliphatic rings. The number of fused-ring (bicyclic) bond motifs is 3. The molecule has 1 N–H and O–H groups in total. The minimum Gasteiger partial charge on any atom is -0.379 e. The van der Waals surface area contributed by atoms with Crippen LogP contribution in [0.25, 0.3) is 31.8 Å². The average molecular weight is 504 g/mol. The third kappa shape index (κ3) is 3.96. The Hall–Kier alpha value is -3.37. The summed E-state index contributed by atoms with van der Waals surface area (Å²) in [5.74, 6) is -0.252. The summed E-state index contributed by atoms with van der Waals surface area (Å²) < 4.78 is 33.5. The number of ether oxygens (including phenoxy) is 1. The number of morpholine rings is 1. The Kier molecular flexibility index (Phi) is 5.49. The molecule has 1 aliphatic heterocycles. The quantitative estimate of drug-likeness (QED) is 0.353. The Morgan fingerprint density at radius 2 is 1.57 bits per heavy atom. The molecule has 5 aromatic rings. The van der Waals surface area contributed by atoms with Gasteiger partial charge in [-0.2, -0.15) is 4.31 Å². The number of aromatic nitrogens is 1. The third-order valence-electron chi connectivity index (χ3n) is 6.19. The number of nitrogens with one attached hydrogen (secondary N) is 1. The SMILES string of the molecule is O=C(Nc1nc2ccc(S(=O)(=O)N3CCOCC3)cc2s1)c1c2ccccc2cc2ccccc12. The summed E-state index contributed by atoms with van der Waals surface area (Å²) in [6, 6.07) is 22.6. The van der Waals surface area contributed by atoms with E-state index in [-0.39, 0.29) is 10.8 Å². The lowest BCUT2D eigenvalue weighted by atomic mass is 9.96. The average Bonchev–Trinajstić information content (AvgIpc) is 3.29. The van der Waals surface area contributed by atoms with Crippen LogP contribution in [0.4, 0.5) is 5.13 Å². The van der Waals surface area contributed by atoms with E-state index in [1.54, 1.807) is 18.2 Å². The number of carbonyl (C=O) groups is 1. The van der Waals surface area contributed by atoms with E-state index < -0.39 is 10.0 Å². The summed E-state index contributed by atoms with van der Waals surface area (Å²) in [5, 5.41) is 7.06. The monoisotopic (exact) mass is 503 g/mol. The second kappa shape index (κ2) is 8.69. The van der Waals surface area contributed by atoms with Crippen LogP contribution in [-0.2, 0) is 14.8 Å². The molecule has 1 amide bonds. The number of hydrogen-bond acceptors (Lipinski definition) is 6. The van der Waals surface area contributed by atoms with Gasteiger partial charge in [-0.1, -0.05) is 59.9 Å². The van der Waals surface area contributed by atoms with Crippen molar-refractivity contribution < 1.29 is 17.9 Å². The summed E-state index contributed by atoms with van der Waals surface area (Å²) in [7, 11) is -3.61. The Morgan fingerprint density at radius 1 is 0.914 bits per heavy atom. The van der Waals surface area contributed by atoms with Crippen LogP contribution in [0.15, 0.2) is 77.7 Å². The lowest BCUT2D eigenvalue weighted by Crippen LogP contribution is -2.40. The van der Waals surface area contributed by atoms with E-state index >= 15 is 0 Å². The van der Waals surface area contributed by atoms with Crippen molar-refractivity contribution in [1.82, 2.24) is 9.29 Å². The molecule has 35 heavy (non-hydrogen) atoms. The molecule has 6 rings (SSSR count). The molecule has 9 heteroatoms. The van der Waals surface area contributed by atoms with Crippen molar-refractivity contribution in [2.75, 3.05) is 31.6 Å². The molecule has 0 atom stereocenters. The number of nitrogens with zero attached hydrogens (tertiary/aromatic N) is 2. The van der Waals surface area contributed by atoms with Crippen LogP contribution in [-0.4, -0.2) is 49.9 Å². The zero-order chi connectivity index (χ0) is 24.0. The maximum atomic E-state index is 13.5. The van der Waals surface area contributed by atoms with Gasteiger partial charge in [0.15, 0.2) is 5.13 Å². The highest BCUT2D eigenvalue weighted by atomic mass is 32.2. The lowest BCUT2D eigenvalue weighted by molar-refractivity contribution is 0.0730. The predicted molar refractivity (Wildman–Crippen MR) is 139 cm³/mol. The smallest absolute Gasteiger partial charge is 0.258 e. The maximum Gasteiger partial charge on any atom is 0.258 e. The number of sulfonamides is 1. The van der Waals surface area contributed by atoms with Gasteiger partial charge in [0.05, 0.1) is 33.9 Å². The second-order valence-electron chi connectivity index (χ2n) is 8.31. The van der Waals surface area contributed by atoms with Gasteiger partial charge < -0.3 is 4.74 Å². The van der Waals surface area contributed by atoms with Crippen LogP contribution >= 0.6 is 11.3 Å². The van der Waals surface area contributed by atoms with Gasteiger partial charge in [0.2, 0.25) is 10.0 Å². The molecular formula is C26H21N3O4S2. The van der Waals surface area contributed by atoms with E-state index in [9.17, 15) is 13.2 Å². The topological polar surface area (TPSA) is 88.6 Å². The molecular weight excluding hydrogens is 482 g/mol. The molecule has 2 heterocycles. The molecule has 0 bridgehead atoms. The third-order valence-corrected chi connectivity index (χ3v) is 9.01. The van der Waals surface area contributed by atoms with E-state index in [1.807, 2.05) is 48.5 Å². The molecule has 4 aromatic carbocycles. The molecule has 1 aromatic heterocycles. The fourth-order valence-corrected chi connectivity index (χ4v) is 6.88. The fraction of sp³-hybridized carbons (Fsp3) is 0.154. The zero-order valence-electron chi connectivity index (χ0n) is 18.6. The van der Waals surface area contributed by atoms with Crippen LogP contribution in [0.3, 0.4) is 0 Å². The number of carbonyl (C=O) groups excluding carboxylic acids is 1. The van der Waals surface area contributed by atoms with Crippen LogP contribution < -0.4 is 5.32 Å². The fourth-order valence-electron chi connectivity index (χ4n) is 4.47. The molecule has 0 unspecified atom stereocenters. The summed E-state index contributed by atoms with van der Waals surface area (Å²) in [5.41, 5.74) is 1.22. The number of amides is 1. The number of hydrogen-bond donors (Lipinski definition) is 1. The van der Waals surface area contributed by atoms with E-state index in [2.05, 4.69) is 16.4 Å². The van der Waals surface area contributed by atoms with Gasteiger partial charge in [-0.15, -0.1) is 0 Å². The first-order valence-corrected chi connectivity index (χ1v) is 13.5. The van der Waals surface area contributed by atoms with Crippen LogP contribution in [0, 0.1) is 0 Å². The van der Waals surface area contributed by atoms with Gasteiger partial charge in [0.25, 0.3) is 5.91 Å². The van der Waals surface area contributed by atoms with Crippen LogP contribution in [0.1, 0.15) is 10.4 Å². The van der Waals surface area contributed by atoms with Gasteiger partial charge in [-0.3, -0.25) is 10.1 Å². The molecule has 176 valence electrons. The highest BCUT2D eigenvalue weighted by Crippen LogP contribution is 2.32. The van der Waals surface area contributed by atoms with Crippen LogP contribution in [0.2, 0.25) is 0 Å².